The van der Waals surface area contributed by atoms with Gasteiger partial charge >= 0.3 is 0 Å². The van der Waals surface area contributed by atoms with Crippen LogP contribution in [0.3, 0.4) is 0 Å². The van der Waals surface area contributed by atoms with Gasteiger partial charge in [-0.15, -0.1) is 0 Å². The Labute approximate surface area is 104 Å². The highest BCUT2D eigenvalue weighted by Crippen LogP contribution is 2.13. The highest BCUT2D eigenvalue weighted by atomic mass is 16.5. The van der Waals surface area contributed by atoms with Crippen molar-refractivity contribution in [1.82, 2.24) is 5.16 Å². The van der Waals surface area contributed by atoms with Crippen molar-refractivity contribution in [3.63, 3.8) is 0 Å². The van der Waals surface area contributed by atoms with E-state index in [1.54, 1.807) is 19.1 Å². The van der Waals surface area contributed by atoms with E-state index in [1.165, 1.54) is 6.20 Å². The number of nitrogens with zero attached hydrogens (tertiary/aromatic N) is 1. The zero-order chi connectivity index (χ0) is 13.0. The largest absolute Gasteiger partial charge is 0.396 e. The summed E-state index contributed by atoms with van der Waals surface area (Å²) in [6, 6.07) is 7.29. The molecule has 2 N–H and O–H groups in total. The molecule has 0 saturated heterocycles. The number of aliphatic hydroxyl groups is 1. The quantitative estimate of drug-likeness (QED) is 0.862. The number of rotatable bonds is 4. The first kappa shape index (κ1) is 12.3. The monoisotopic (exact) mass is 246 g/mol. The van der Waals surface area contributed by atoms with Crippen LogP contribution in [0.2, 0.25) is 0 Å². The van der Waals surface area contributed by atoms with Crippen molar-refractivity contribution < 1.29 is 14.4 Å². The van der Waals surface area contributed by atoms with Crippen LogP contribution in [0.15, 0.2) is 35.0 Å². The Balaban J connectivity index is 2.05. The Morgan fingerprint density at radius 2 is 2.11 bits per heavy atom. The number of aryl methyl sites for hydroxylation is 1. The van der Waals surface area contributed by atoms with Crippen molar-refractivity contribution in [3.8, 4) is 0 Å². The maximum atomic E-state index is 11.8. The van der Waals surface area contributed by atoms with E-state index in [2.05, 4.69) is 10.5 Å². The average molecular weight is 246 g/mol. The molecule has 5 heteroatoms. The maximum absolute atomic E-state index is 11.8. The highest BCUT2D eigenvalue weighted by Gasteiger charge is 2.13. The third-order valence-corrected chi connectivity index (χ3v) is 2.57. The molecule has 0 unspecified atom stereocenters. The molecule has 1 aromatic carbocycles. The normalized spacial score (nSPS) is 10.3. The van der Waals surface area contributed by atoms with Gasteiger partial charge in [0.1, 0.15) is 0 Å². The van der Waals surface area contributed by atoms with Crippen molar-refractivity contribution in [2.75, 3.05) is 11.9 Å². The SMILES string of the molecule is Cc1cnoc1C(=O)Nc1ccc(CCO)cc1. The third-order valence-electron chi connectivity index (χ3n) is 2.57. The van der Waals surface area contributed by atoms with Gasteiger partial charge < -0.3 is 14.9 Å². The van der Waals surface area contributed by atoms with Crippen LogP contribution < -0.4 is 5.32 Å². The molecule has 0 bridgehead atoms. The second-order valence-electron chi connectivity index (χ2n) is 3.96. The Bertz CT molecular complexity index is 531. The smallest absolute Gasteiger partial charge is 0.294 e. The Morgan fingerprint density at radius 1 is 1.39 bits per heavy atom. The zero-order valence-corrected chi connectivity index (χ0v) is 10.0. The molecular weight excluding hydrogens is 232 g/mol. The van der Waals surface area contributed by atoms with Crippen LogP contribution in [0.4, 0.5) is 5.69 Å². The fourth-order valence-electron chi connectivity index (χ4n) is 1.58. The van der Waals surface area contributed by atoms with E-state index in [0.717, 1.165) is 5.56 Å². The van der Waals surface area contributed by atoms with E-state index >= 15 is 0 Å². The molecule has 2 aromatic rings. The predicted octanol–water partition coefficient (Wildman–Crippen LogP) is 1.77. The van der Waals surface area contributed by atoms with E-state index < -0.39 is 0 Å². The van der Waals surface area contributed by atoms with E-state index in [4.69, 9.17) is 9.63 Å². The van der Waals surface area contributed by atoms with Gasteiger partial charge in [-0.05, 0) is 31.0 Å². The van der Waals surface area contributed by atoms with Gasteiger partial charge in [-0.3, -0.25) is 4.79 Å². The second kappa shape index (κ2) is 5.46. The third kappa shape index (κ3) is 2.75. The molecule has 0 aliphatic heterocycles. The lowest BCUT2D eigenvalue weighted by Crippen LogP contribution is -2.12. The maximum Gasteiger partial charge on any atom is 0.294 e. The van der Waals surface area contributed by atoms with Crippen molar-refractivity contribution >= 4 is 11.6 Å². The molecule has 1 amide bonds. The molecule has 0 aliphatic rings. The molecule has 0 spiro atoms. The number of nitrogens with one attached hydrogen (secondary N) is 1. The molecular formula is C13H14N2O3. The van der Waals surface area contributed by atoms with Crippen molar-refractivity contribution in [1.29, 1.82) is 0 Å². The van der Waals surface area contributed by atoms with Crippen LogP contribution in [0.5, 0.6) is 0 Å². The summed E-state index contributed by atoms with van der Waals surface area (Å²) in [6.45, 7) is 1.87. The summed E-state index contributed by atoms with van der Waals surface area (Å²) in [5, 5.41) is 15.1. The summed E-state index contributed by atoms with van der Waals surface area (Å²) in [4.78, 5) is 11.8. The number of benzene rings is 1. The fraction of sp³-hybridized carbons (Fsp3) is 0.231. The average Bonchev–Trinajstić information content (AvgIpc) is 2.78. The van der Waals surface area contributed by atoms with Gasteiger partial charge in [-0.25, -0.2) is 0 Å². The predicted molar refractivity (Wildman–Crippen MR) is 66.4 cm³/mol. The number of anilines is 1. The number of hydrogen-bond donors (Lipinski definition) is 2. The zero-order valence-electron chi connectivity index (χ0n) is 10.0. The molecule has 1 aromatic heterocycles. The number of carbonyl (C=O) groups excluding carboxylic acids is 1. The molecule has 5 nitrogen and oxygen atoms in total. The van der Waals surface area contributed by atoms with Crippen LogP contribution in [0, 0.1) is 6.92 Å². The van der Waals surface area contributed by atoms with Crippen LogP contribution in [-0.4, -0.2) is 22.8 Å². The van der Waals surface area contributed by atoms with Crippen LogP contribution in [-0.2, 0) is 6.42 Å². The first-order valence-corrected chi connectivity index (χ1v) is 5.63. The van der Waals surface area contributed by atoms with Crippen molar-refractivity contribution in [2.45, 2.75) is 13.3 Å². The first-order valence-electron chi connectivity index (χ1n) is 5.63. The summed E-state index contributed by atoms with van der Waals surface area (Å²) >= 11 is 0. The van der Waals surface area contributed by atoms with E-state index in [1.807, 2.05) is 12.1 Å². The Hall–Kier alpha value is -2.14. The lowest BCUT2D eigenvalue weighted by atomic mass is 10.1. The van der Waals surface area contributed by atoms with Gasteiger partial charge in [0.2, 0.25) is 5.76 Å². The number of hydrogen-bond acceptors (Lipinski definition) is 4. The molecule has 0 saturated carbocycles. The summed E-state index contributed by atoms with van der Waals surface area (Å²) in [7, 11) is 0. The van der Waals surface area contributed by atoms with E-state index in [0.29, 0.717) is 17.7 Å². The van der Waals surface area contributed by atoms with Crippen molar-refractivity contribution in [3.05, 3.63) is 47.3 Å². The molecule has 0 radical (unpaired) electrons. The fourth-order valence-corrected chi connectivity index (χ4v) is 1.58. The van der Waals surface area contributed by atoms with Crippen molar-refractivity contribution in [2.24, 2.45) is 0 Å². The summed E-state index contributed by atoms with van der Waals surface area (Å²) < 4.78 is 4.87. The molecule has 94 valence electrons. The van der Waals surface area contributed by atoms with Crippen LogP contribution in [0.1, 0.15) is 21.7 Å². The standard InChI is InChI=1S/C13H14N2O3/c1-9-8-14-18-12(9)13(17)15-11-4-2-10(3-5-11)6-7-16/h2-5,8,16H,6-7H2,1H3,(H,15,17). The Morgan fingerprint density at radius 3 is 2.67 bits per heavy atom. The molecule has 0 aliphatic carbocycles. The number of amides is 1. The molecule has 0 atom stereocenters. The van der Waals surface area contributed by atoms with Gasteiger partial charge in [-0.1, -0.05) is 17.3 Å². The van der Waals surface area contributed by atoms with Gasteiger partial charge in [-0.2, -0.15) is 0 Å². The number of aliphatic hydroxyl groups excluding tert-OH is 1. The summed E-state index contributed by atoms with van der Waals surface area (Å²) in [5.41, 5.74) is 2.40. The minimum Gasteiger partial charge on any atom is -0.396 e. The summed E-state index contributed by atoms with van der Waals surface area (Å²) in [6.07, 6.45) is 2.11. The highest BCUT2D eigenvalue weighted by molar-refractivity contribution is 6.03. The van der Waals surface area contributed by atoms with Gasteiger partial charge in [0.15, 0.2) is 0 Å². The lowest BCUT2D eigenvalue weighted by molar-refractivity contribution is 0.0987. The van der Waals surface area contributed by atoms with Crippen LogP contribution in [0.25, 0.3) is 0 Å². The van der Waals surface area contributed by atoms with E-state index in [-0.39, 0.29) is 18.3 Å². The molecule has 2 rings (SSSR count). The topological polar surface area (TPSA) is 75.4 Å². The van der Waals surface area contributed by atoms with Gasteiger partial charge in [0, 0.05) is 17.9 Å². The minimum atomic E-state index is -0.320. The minimum absolute atomic E-state index is 0.114. The Kier molecular flexibility index (Phi) is 3.74. The molecule has 1 heterocycles. The number of carbonyl (C=O) groups is 1. The van der Waals surface area contributed by atoms with Gasteiger partial charge in [0.25, 0.3) is 5.91 Å². The molecule has 18 heavy (non-hydrogen) atoms. The number of aromatic nitrogens is 1. The first-order chi connectivity index (χ1) is 8.70. The van der Waals surface area contributed by atoms with Crippen LogP contribution >= 0.6 is 0 Å². The second-order valence-corrected chi connectivity index (χ2v) is 3.96. The lowest BCUT2D eigenvalue weighted by Gasteiger charge is -2.04. The molecule has 0 fully saturated rings. The summed E-state index contributed by atoms with van der Waals surface area (Å²) in [5.74, 6) is -0.102. The van der Waals surface area contributed by atoms with E-state index in [9.17, 15) is 4.79 Å². The van der Waals surface area contributed by atoms with Gasteiger partial charge in [0.05, 0.1) is 6.20 Å².